The highest BCUT2D eigenvalue weighted by Crippen LogP contribution is 2.31. The van der Waals surface area contributed by atoms with Crippen molar-refractivity contribution in [2.24, 2.45) is 0 Å². The van der Waals surface area contributed by atoms with Crippen molar-refractivity contribution in [1.82, 2.24) is 15.1 Å². The number of rotatable bonds is 4. The lowest BCUT2D eigenvalue weighted by molar-refractivity contribution is 0.0949. The maximum absolute atomic E-state index is 14.0. The number of benzene rings is 2. The third-order valence-corrected chi connectivity index (χ3v) is 5.79. The van der Waals surface area contributed by atoms with E-state index in [9.17, 15) is 14.4 Å². The molecule has 0 radical (unpaired) electrons. The van der Waals surface area contributed by atoms with Gasteiger partial charge in [0, 0.05) is 16.0 Å². The molecule has 0 spiro atoms. The molecule has 4 aromatic rings. The Morgan fingerprint density at radius 2 is 2.07 bits per heavy atom. The van der Waals surface area contributed by atoms with Crippen LogP contribution >= 0.6 is 22.9 Å². The maximum atomic E-state index is 14.0. The molecular weight excluding hydrogens is 411 g/mol. The normalized spacial score (nSPS) is 11.9. The van der Waals surface area contributed by atoms with Crippen LogP contribution in [0.15, 0.2) is 54.6 Å². The summed E-state index contributed by atoms with van der Waals surface area (Å²) in [6.07, 6.45) is 0. The lowest BCUT2D eigenvalue weighted by Crippen LogP contribution is -2.27. The number of carbonyl (C=O) groups excluding carboxylic acids is 1. The molecule has 144 valence electrons. The van der Waals surface area contributed by atoms with Crippen LogP contribution in [0.3, 0.4) is 0 Å². The van der Waals surface area contributed by atoms with Crippen LogP contribution in [-0.2, 0) is 0 Å². The monoisotopic (exact) mass is 424 g/mol. The van der Waals surface area contributed by atoms with Crippen LogP contribution in [0.25, 0.3) is 15.9 Å². The average molecular weight is 425 g/mol. The van der Waals surface area contributed by atoms with E-state index in [2.05, 4.69) is 10.4 Å². The van der Waals surface area contributed by atoms with Crippen LogP contribution in [0.2, 0.25) is 5.02 Å². The molecule has 29 heavy (non-hydrogen) atoms. The summed E-state index contributed by atoms with van der Waals surface area (Å²) in [6.45, 7) is 1.86. The van der Waals surface area contributed by atoms with Gasteiger partial charge in [-0.15, -0.1) is 11.3 Å². The summed E-state index contributed by atoms with van der Waals surface area (Å²) >= 11 is 7.34. The van der Waals surface area contributed by atoms with Crippen LogP contribution in [-0.4, -0.2) is 15.7 Å². The van der Waals surface area contributed by atoms with Crippen LogP contribution in [0.5, 0.6) is 0 Å². The highest BCUT2D eigenvalue weighted by molar-refractivity contribution is 7.20. The van der Waals surface area contributed by atoms with Crippen molar-refractivity contribution in [1.29, 1.82) is 5.26 Å². The molecule has 1 N–H and O–H groups in total. The standard InChI is InChI=1S/C21H14ClFN4OS/c1-12-16-10-19(20(28)25-18(11-24)15-7-2-3-8-17(15)23)29-21(16)27(26-12)14-6-4-5-13(22)9-14/h2-10,18H,1H3,(H,25,28). The number of carbonyl (C=O) groups is 1. The number of nitrogens with one attached hydrogen (secondary N) is 1. The molecule has 0 aliphatic heterocycles. The Morgan fingerprint density at radius 1 is 1.28 bits per heavy atom. The number of halogens is 2. The Morgan fingerprint density at radius 3 is 2.79 bits per heavy atom. The lowest BCUT2D eigenvalue weighted by atomic mass is 10.1. The van der Waals surface area contributed by atoms with Crippen LogP contribution in [0.4, 0.5) is 4.39 Å². The average Bonchev–Trinajstić information content (AvgIpc) is 3.27. The molecule has 5 nitrogen and oxygen atoms in total. The van der Waals surface area contributed by atoms with E-state index in [0.717, 1.165) is 21.6 Å². The van der Waals surface area contributed by atoms with Gasteiger partial charge in [-0.3, -0.25) is 4.79 Å². The first kappa shape index (κ1) is 19.1. The number of amides is 1. The number of thiophene rings is 1. The van der Waals surface area contributed by atoms with Crippen molar-refractivity contribution in [3.05, 3.63) is 81.6 Å². The summed E-state index contributed by atoms with van der Waals surface area (Å²) in [5.41, 5.74) is 1.68. The number of hydrogen-bond acceptors (Lipinski definition) is 4. The Bertz CT molecular complexity index is 1270. The topological polar surface area (TPSA) is 70.7 Å². The Kier molecular flexibility index (Phi) is 5.05. The van der Waals surface area contributed by atoms with E-state index in [1.807, 2.05) is 25.1 Å². The van der Waals surface area contributed by atoms with Crippen molar-refractivity contribution in [3.8, 4) is 11.8 Å². The first-order chi connectivity index (χ1) is 14.0. The van der Waals surface area contributed by atoms with Gasteiger partial charge in [0.05, 0.1) is 22.3 Å². The molecule has 0 aliphatic rings. The molecule has 1 unspecified atom stereocenters. The summed E-state index contributed by atoms with van der Waals surface area (Å²) in [5.74, 6) is -0.985. The van der Waals surface area contributed by atoms with Gasteiger partial charge in [0.15, 0.2) is 0 Å². The van der Waals surface area contributed by atoms with Gasteiger partial charge in [-0.25, -0.2) is 9.07 Å². The van der Waals surface area contributed by atoms with E-state index in [1.165, 1.54) is 29.5 Å². The summed E-state index contributed by atoms with van der Waals surface area (Å²) in [6, 6.07) is 15.8. The number of nitriles is 1. The third-order valence-electron chi connectivity index (χ3n) is 4.44. The first-order valence-corrected chi connectivity index (χ1v) is 9.87. The molecule has 1 amide bonds. The second kappa shape index (κ2) is 7.66. The lowest BCUT2D eigenvalue weighted by Gasteiger charge is -2.11. The van der Waals surface area contributed by atoms with Crippen LogP contribution in [0, 0.1) is 24.1 Å². The molecule has 8 heteroatoms. The van der Waals surface area contributed by atoms with Crippen molar-refractivity contribution < 1.29 is 9.18 Å². The van der Waals surface area contributed by atoms with Gasteiger partial charge in [0.25, 0.3) is 5.91 Å². The third kappa shape index (κ3) is 3.60. The molecule has 0 aliphatic carbocycles. The molecule has 2 aromatic carbocycles. The number of aromatic nitrogens is 2. The van der Waals surface area contributed by atoms with E-state index < -0.39 is 17.8 Å². The fourth-order valence-corrected chi connectivity index (χ4v) is 4.30. The largest absolute Gasteiger partial charge is 0.332 e. The molecule has 0 bridgehead atoms. The van der Waals surface area contributed by atoms with Gasteiger partial charge in [-0.1, -0.05) is 35.9 Å². The van der Waals surface area contributed by atoms with Gasteiger partial charge in [0.2, 0.25) is 0 Å². The molecule has 0 saturated carbocycles. The Hall–Kier alpha value is -3.21. The van der Waals surface area contributed by atoms with E-state index in [1.54, 1.807) is 28.9 Å². The van der Waals surface area contributed by atoms with Crippen LogP contribution in [0.1, 0.15) is 27.0 Å². The molecule has 2 heterocycles. The van der Waals surface area contributed by atoms with Gasteiger partial charge < -0.3 is 5.32 Å². The molecule has 1 atom stereocenters. The van der Waals surface area contributed by atoms with Crippen molar-refractivity contribution in [2.45, 2.75) is 13.0 Å². The number of fused-ring (bicyclic) bond motifs is 1. The first-order valence-electron chi connectivity index (χ1n) is 8.68. The summed E-state index contributed by atoms with van der Waals surface area (Å²) < 4.78 is 15.7. The highest BCUT2D eigenvalue weighted by Gasteiger charge is 2.22. The molecular formula is C21H14ClFN4OS. The smallest absolute Gasteiger partial charge is 0.262 e. The fourth-order valence-electron chi connectivity index (χ4n) is 3.03. The van der Waals surface area contributed by atoms with Gasteiger partial charge >= 0.3 is 0 Å². The van der Waals surface area contributed by atoms with E-state index in [4.69, 9.17) is 11.6 Å². The zero-order chi connectivity index (χ0) is 20.5. The molecule has 0 saturated heterocycles. The SMILES string of the molecule is Cc1nn(-c2cccc(Cl)c2)c2sc(C(=O)NC(C#N)c3ccccc3F)cc12. The maximum Gasteiger partial charge on any atom is 0.262 e. The van der Waals surface area contributed by atoms with Crippen LogP contribution < -0.4 is 5.32 Å². The highest BCUT2D eigenvalue weighted by atomic mass is 35.5. The van der Waals surface area contributed by atoms with Gasteiger partial charge in [0.1, 0.15) is 16.7 Å². The Labute approximate surface area is 175 Å². The van der Waals surface area contributed by atoms with Gasteiger partial charge in [-0.2, -0.15) is 10.4 Å². The zero-order valence-electron chi connectivity index (χ0n) is 15.2. The number of aryl methyl sites for hydroxylation is 1. The number of hydrogen-bond donors (Lipinski definition) is 1. The minimum Gasteiger partial charge on any atom is -0.332 e. The molecule has 0 fully saturated rings. The predicted octanol–water partition coefficient (Wildman–Crippen LogP) is 5.18. The van der Waals surface area contributed by atoms with E-state index in [0.29, 0.717) is 9.90 Å². The number of nitrogens with zero attached hydrogens (tertiary/aromatic N) is 3. The van der Waals surface area contributed by atoms with E-state index >= 15 is 0 Å². The summed E-state index contributed by atoms with van der Waals surface area (Å²) in [4.78, 5) is 14.0. The second-order valence-electron chi connectivity index (χ2n) is 6.36. The van der Waals surface area contributed by atoms with Crippen molar-refractivity contribution in [2.75, 3.05) is 0 Å². The Balaban J connectivity index is 1.68. The summed E-state index contributed by atoms with van der Waals surface area (Å²) in [7, 11) is 0. The quantitative estimate of drug-likeness (QED) is 0.490. The minimum absolute atomic E-state index is 0.130. The summed E-state index contributed by atoms with van der Waals surface area (Å²) in [5, 5.41) is 18.0. The van der Waals surface area contributed by atoms with E-state index in [-0.39, 0.29) is 5.56 Å². The fraction of sp³-hybridized carbons (Fsp3) is 0.0952. The van der Waals surface area contributed by atoms with Crippen molar-refractivity contribution in [3.63, 3.8) is 0 Å². The molecule has 2 aromatic heterocycles. The minimum atomic E-state index is -1.08. The second-order valence-corrected chi connectivity index (χ2v) is 7.83. The zero-order valence-corrected chi connectivity index (χ0v) is 16.8. The van der Waals surface area contributed by atoms with Gasteiger partial charge in [-0.05, 0) is 37.3 Å². The predicted molar refractivity (Wildman–Crippen MR) is 111 cm³/mol. The molecule has 4 rings (SSSR count). The van der Waals surface area contributed by atoms with Crippen molar-refractivity contribution >= 4 is 39.1 Å².